The van der Waals surface area contributed by atoms with Crippen LogP contribution in [0.3, 0.4) is 0 Å². The topological polar surface area (TPSA) is 28.2 Å². The van der Waals surface area contributed by atoms with Crippen LogP contribution >= 0.6 is 0 Å². The minimum atomic E-state index is 0. The Morgan fingerprint density at radius 2 is 0.950 bits per heavy atom. The van der Waals surface area contributed by atoms with Crippen LogP contribution in [-0.2, 0) is 26.2 Å². The average molecular weight is 359 g/mol. The van der Waals surface area contributed by atoms with E-state index >= 15 is 0 Å². The first-order valence-electron chi connectivity index (χ1n) is 7.24. The molecule has 0 radical (unpaired) electrons. The molecule has 2 saturated carbocycles. The van der Waals surface area contributed by atoms with Gasteiger partial charge in [0, 0.05) is 26.2 Å². The zero-order chi connectivity index (χ0) is 11.2. The Balaban J connectivity index is -0.000000722. The van der Waals surface area contributed by atoms with Crippen molar-refractivity contribution in [3.63, 3.8) is 0 Å². The van der Waals surface area contributed by atoms with E-state index in [1.54, 1.807) is 0 Å². The number of nitrogens with zero attached hydrogens (tertiary/aromatic N) is 2. The van der Waals surface area contributed by atoms with Crippen molar-refractivity contribution < 1.29 is 26.2 Å². The molecule has 3 heteroatoms. The number of rotatable bonds is 4. The first kappa shape index (κ1) is 25.7. The van der Waals surface area contributed by atoms with Crippen molar-refractivity contribution in [1.29, 1.82) is 0 Å². The summed E-state index contributed by atoms with van der Waals surface area (Å²) in [6.07, 6.45) is 13.8. The summed E-state index contributed by atoms with van der Waals surface area (Å²) in [5.41, 5.74) is 0. The molecule has 0 saturated heterocycles. The Labute approximate surface area is 148 Å². The molecule has 122 valence electrons. The normalized spacial score (nSPS) is 20.1. The van der Waals surface area contributed by atoms with Gasteiger partial charge in [0.2, 0.25) is 0 Å². The summed E-state index contributed by atoms with van der Waals surface area (Å²) in [4.78, 5) is 0. The molecule has 2 nitrogen and oxygen atoms in total. The molecule has 0 bridgehead atoms. The average Bonchev–Trinajstić information content (AvgIpc) is 2.31. The predicted octanol–water partition coefficient (Wildman–Crippen LogP) is 6.09. The van der Waals surface area contributed by atoms with E-state index in [0.717, 1.165) is 0 Å². The van der Waals surface area contributed by atoms with Crippen LogP contribution in [0.2, 0.25) is 0 Å². The van der Waals surface area contributed by atoms with Gasteiger partial charge in [0.25, 0.3) is 0 Å². The maximum absolute atomic E-state index is 4.86. The minimum absolute atomic E-state index is 0. The van der Waals surface area contributed by atoms with Crippen LogP contribution in [0.25, 0.3) is 10.6 Å². The van der Waals surface area contributed by atoms with Crippen molar-refractivity contribution in [2.24, 2.45) is 0 Å². The summed E-state index contributed by atoms with van der Waals surface area (Å²) < 4.78 is 0. The molecular weight excluding hydrogens is 323 g/mol. The summed E-state index contributed by atoms with van der Waals surface area (Å²) in [5, 5.41) is 9.73. The fourth-order valence-electron chi connectivity index (χ4n) is 3.11. The van der Waals surface area contributed by atoms with Gasteiger partial charge >= 0.3 is 0 Å². The maximum Gasteiger partial charge on any atom is 0 e. The van der Waals surface area contributed by atoms with Crippen LogP contribution < -0.4 is 0 Å². The van der Waals surface area contributed by atoms with Gasteiger partial charge in [-0.3, -0.25) is 0 Å². The largest absolute Gasteiger partial charge is 0.675 e. The second-order valence-corrected chi connectivity index (χ2v) is 5.51. The molecule has 2 rings (SSSR count). The maximum atomic E-state index is 4.86. The predicted molar refractivity (Wildman–Crippen MR) is 89.2 cm³/mol. The van der Waals surface area contributed by atoms with E-state index in [9.17, 15) is 0 Å². The van der Waals surface area contributed by atoms with Crippen LogP contribution in [0.1, 0.15) is 71.1 Å². The van der Waals surface area contributed by atoms with Gasteiger partial charge in [-0.15, -0.1) is 19.0 Å². The third-order valence-electron chi connectivity index (χ3n) is 4.00. The Morgan fingerprint density at radius 3 is 1.25 bits per heavy atom. The molecule has 0 heterocycles. The smallest absolute Gasteiger partial charge is 0 e. The van der Waals surface area contributed by atoms with Crippen molar-refractivity contribution in [2.45, 2.75) is 89.4 Å². The molecule has 0 N–H and O–H groups in total. The van der Waals surface area contributed by atoms with Crippen molar-refractivity contribution >= 4 is 0 Å². The van der Waals surface area contributed by atoms with E-state index < -0.39 is 0 Å². The van der Waals surface area contributed by atoms with E-state index in [-0.39, 0.29) is 54.6 Å². The van der Waals surface area contributed by atoms with E-state index in [2.05, 4.69) is 6.92 Å². The van der Waals surface area contributed by atoms with Gasteiger partial charge in [0.05, 0.1) is 0 Å². The molecule has 0 atom stereocenters. The second-order valence-electron chi connectivity index (χ2n) is 5.51. The fraction of sp³-hybridized carbons (Fsp3) is 0.824. The van der Waals surface area contributed by atoms with E-state index in [4.69, 9.17) is 10.6 Å². The zero-order valence-corrected chi connectivity index (χ0v) is 16.7. The van der Waals surface area contributed by atoms with Gasteiger partial charge in [-0.05, 0) is 0 Å². The van der Waals surface area contributed by atoms with Crippen LogP contribution in [0.15, 0.2) is 0 Å². The van der Waals surface area contributed by atoms with Crippen molar-refractivity contribution in [1.82, 2.24) is 0 Å². The van der Waals surface area contributed by atoms with Gasteiger partial charge < -0.3 is 32.9 Å². The van der Waals surface area contributed by atoms with Crippen LogP contribution in [-0.4, -0.2) is 18.2 Å². The number of hydrogen-bond donors (Lipinski definition) is 0. The minimum Gasteiger partial charge on any atom is -0.675 e. The van der Waals surface area contributed by atoms with Crippen molar-refractivity contribution in [2.75, 3.05) is 0 Å². The van der Waals surface area contributed by atoms with Crippen LogP contribution in [0.5, 0.6) is 0 Å². The Morgan fingerprint density at radius 1 is 0.650 bits per heavy atom. The zero-order valence-electron chi connectivity index (χ0n) is 14.2. The van der Waals surface area contributed by atoms with Crippen molar-refractivity contribution in [3.8, 4) is 0 Å². The molecule has 2 aliphatic rings. The Hall–Kier alpha value is 0.803. The molecule has 20 heavy (non-hydrogen) atoms. The summed E-state index contributed by atoms with van der Waals surface area (Å²) in [5.74, 6) is 0. The molecule has 2 aliphatic carbocycles. The summed E-state index contributed by atoms with van der Waals surface area (Å²) in [6, 6.07) is 1.24. The fourth-order valence-corrected chi connectivity index (χ4v) is 3.11. The number of hydrogen-bond acceptors (Lipinski definition) is 0. The van der Waals surface area contributed by atoms with Crippen LogP contribution in [0.4, 0.5) is 0 Å². The monoisotopic (exact) mass is 357 g/mol. The molecular formula is C17H35N2Zr-5. The van der Waals surface area contributed by atoms with Gasteiger partial charge in [-0.1, -0.05) is 64.2 Å². The second kappa shape index (κ2) is 14.7. The SMILES string of the molecule is CC([N-]C1CCCCC1)[N-]C1CCCCC1.[CH3-].[CH3-].[CH3-].[Zr]. The third kappa shape index (κ3) is 9.69. The first-order valence-corrected chi connectivity index (χ1v) is 7.24. The van der Waals surface area contributed by atoms with Crippen molar-refractivity contribution in [3.05, 3.63) is 32.9 Å². The molecule has 0 aromatic heterocycles. The molecule has 0 aliphatic heterocycles. The standard InChI is InChI=1S/C14H26N2.3CH3.Zr/c1-12(15-13-8-4-2-5-9-13)16-14-10-6-3-7-11-14;;;;/h12-14H,2-11H2,1H3;3*1H3;/q-2;3*-1;. The van der Waals surface area contributed by atoms with Crippen LogP contribution in [0, 0.1) is 22.3 Å². The van der Waals surface area contributed by atoms with Gasteiger partial charge in [-0.2, -0.15) is 0 Å². The molecule has 2 fully saturated rings. The van der Waals surface area contributed by atoms with E-state index in [1.807, 2.05) is 0 Å². The first-order chi connectivity index (χ1) is 7.84. The quantitative estimate of drug-likeness (QED) is 0.544. The molecule has 0 aromatic rings. The van der Waals surface area contributed by atoms with Gasteiger partial charge in [0.15, 0.2) is 0 Å². The Bertz CT molecular complexity index is 167. The molecule has 0 aromatic carbocycles. The summed E-state index contributed by atoms with van der Waals surface area (Å²) in [7, 11) is 0. The molecule has 0 amide bonds. The molecule has 0 unspecified atom stereocenters. The van der Waals surface area contributed by atoms with Gasteiger partial charge in [0.1, 0.15) is 0 Å². The molecule has 0 spiro atoms. The van der Waals surface area contributed by atoms with Gasteiger partial charge in [-0.25, -0.2) is 6.17 Å². The Kier molecular flexibility index (Phi) is 19.0. The third-order valence-corrected chi connectivity index (χ3v) is 4.00. The summed E-state index contributed by atoms with van der Waals surface area (Å²) >= 11 is 0. The summed E-state index contributed by atoms with van der Waals surface area (Å²) in [6.45, 7) is 2.18. The van der Waals surface area contributed by atoms with E-state index in [0.29, 0.717) is 12.1 Å². The van der Waals surface area contributed by atoms with E-state index in [1.165, 1.54) is 64.2 Å².